The van der Waals surface area contributed by atoms with E-state index in [1.165, 1.54) is 0 Å². The van der Waals surface area contributed by atoms with E-state index in [1.807, 2.05) is 12.4 Å². The molecule has 0 amide bonds. The van der Waals surface area contributed by atoms with Gasteiger partial charge < -0.3 is 9.84 Å². The van der Waals surface area contributed by atoms with E-state index in [1.54, 1.807) is 4.68 Å². The molecule has 0 bridgehead atoms. The number of carbonyl (C=O) groups is 1. The van der Waals surface area contributed by atoms with Crippen molar-refractivity contribution in [1.29, 1.82) is 0 Å². The number of hydrogen-bond acceptors (Lipinski definition) is 4. The molecule has 0 aromatic carbocycles. The lowest BCUT2D eigenvalue weighted by molar-refractivity contribution is -0.137. The van der Waals surface area contributed by atoms with Gasteiger partial charge in [0.15, 0.2) is 0 Å². The minimum absolute atomic E-state index is 0.106. The molecule has 1 aromatic heterocycles. The standard InChI is InChI=1S/C15H25N3O3/c1-12(2)7-14-11-17(5-6-21-14)9-13-8-16-18(10-13)4-3-15(19)20/h8,10,12,14H,3-7,9,11H2,1-2H3,(H,19,20). The van der Waals surface area contributed by atoms with Crippen molar-refractivity contribution in [2.45, 2.75) is 45.9 Å². The van der Waals surface area contributed by atoms with Crippen LogP contribution in [0.25, 0.3) is 0 Å². The van der Waals surface area contributed by atoms with Crippen LogP contribution in [0, 0.1) is 5.92 Å². The molecule has 0 aliphatic carbocycles. The molecular weight excluding hydrogens is 270 g/mol. The lowest BCUT2D eigenvalue weighted by Gasteiger charge is -2.33. The molecule has 1 atom stereocenters. The number of aliphatic carboxylic acids is 1. The Hall–Kier alpha value is -1.40. The molecule has 21 heavy (non-hydrogen) atoms. The van der Waals surface area contributed by atoms with Crippen molar-refractivity contribution in [2.24, 2.45) is 5.92 Å². The number of carboxylic acid groups (broad SMARTS) is 1. The molecule has 1 saturated heterocycles. The molecule has 118 valence electrons. The van der Waals surface area contributed by atoms with Gasteiger partial charge in [0.2, 0.25) is 0 Å². The van der Waals surface area contributed by atoms with Crippen molar-refractivity contribution in [1.82, 2.24) is 14.7 Å². The molecular formula is C15H25N3O3. The first-order valence-corrected chi connectivity index (χ1v) is 7.60. The molecule has 6 heteroatoms. The van der Waals surface area contributed by atoms with E-state index in [0.717, 1.165) is 38.2 Å². The van der Waals surface area contributed by atoms with Gasteiger partial charge in [0, 0.05) is 31.4 Å². The molecule has 2 rings (SSSR count). The predicted molar refractivity (Wildman–Crippen MR) is 79.0 cm³/mol. The minimum atomic E-state index is -0.795. The highest BCUT2D eigenvalue weighted by atomic mass is 16.5. The maximum Gasteiger partial charge on any atom is 0.305 e. The molecule has 1 aliphatic heterocycles. The Morgan fingerprint density at radius 1 is 1.57 bits per heavy atom. The van der Waals surface area contributed by atoms with Crippen LogP contribution >= 0.6 is 0 Å². The summed E-state index contributed by atoms with van der Waals surface area (Å²) in [4.78, 5) is 12.9. The van der Waals surface area contributed by atoms with Crippen molar-refractivity contribution in [3.8, 4) is 0 Å². The zero-order valence-electron chi connectivity index (χ0n) is 12.9. The number of hydrogen-bond donors (Lipinski definition) is 1. The highest BCUT2D eigenvalue weighted by molar-refractivity contribution is 5.66. The second kappa shape index (κ2) is 7.56. The summed E-state index contributed by atoms with van der Waals surface area (Å²) in [5, 5.41) is 12.9. The van der Waals surface area contributed by atoms with Crippen molar-refractivity contribution in [3.63, 3.8) is 0 Å². The van der Waals surface area contributed by atoms with Crippen LogP contribution in [0.2, 0.25) is 0 Å². The Balaban J connectivity index is 1.82. The SMILES string of the molecule is CC(C)CC1CN(Cc2cnn(CCC(=O)O)c2)CCO1. The van der Waals surface area contributed by atoms with E-state index >= 15 is 0 Å². The summed E-state index contributed by atoms with van der Waals surface area (Å²) in [6.45, 7) is 8.39. The van der Waals surface area contributed by atoms with E-state index in [9.17, 15) is 4.79 Å². The third-order valence-corrected chi connectivity index (χ3v) is 3.60. The summed E-state index contributed by atoms with van der Waals surface area (Å²) in [5.74, 6) is -0.148. The topological polar surface area (TPSA) is 67.6 Å². The zero-order valence-corrected chi connectivity index (χ0v) is 12.9. The first-order valence-electron chi connectivity index (χ1n) is 7.60. The summed E-state index contributed by atoms with van der Waals surface area (Å²) >= 11 is 0. The maximum absolute atomic E-state index is 10.6. The largest absolute Gasteiger partial charge is 0.481 e. The summed E-state index contributed by atoms with van der Waals surface area (Å²) in [7, 11) is 0. The average Bonchev–Trinajstić information content (AvgIpc) is 2.83. The number of aryl methyl sites for hydroxylation is 1. The Bertz CT molecular complexity index is 459. The fourth-order valence-corrected chi connectivity index (χ4v) is 2.67. The maximum atomic E-state index is 10.6. The van der Waals surface area contributed by atoms with E-state index in [-0.39, 0.29) is 6.42 Å². The van der Waals surface area contributed by atoms with Crippen molar-refractivity contribution >= 4 is 5.97 Å². The van der Waals surface area contributed by atoms with E-state index in [2.05, 4.69) is 23.8 Å². The van der Waals surface area contributed by atoms with Gasteiger partial charge in [-0.05, 0) is 12.3 Å². The van der Waals surface area contributed by atoms with Gasteiger partial charge in [-0.3, -0.25) is 14.4 Å². The molecule has 0 radical (unpaired) electrons. The van der Waals surface area contributed by atoms with Crippen molar-refractivity contribution in [3.05, 3.63) is 18.0 Å². The van der Waals surface area contributed by atoms with Crippen LogP contribution in [0.1, 0.15) is 32.3 Å². The van der Waals surface area contributed by atoms with Crippen LogP contribution in [-0.2, 0) is 22.6 Å². The summed E-state index contributed by atoms with van der Waals surface area (Å²) in [6.07, 6.45) is 5.29. The molecule has 1 N–H and O–H groups in total. The third-order valence-electron chi connectivity index (χ3n) is 3.60. The van der Waals surface area contributed by atoms with Gasteiger partial charge in [-0.25, -0.2) is 0 Å². The molecule has 1 fully saturated rings. The zero-order chi connectivity index (χ0) is 15.2. The Morgan fingerprint density at radius 3 is 3.10 bits per heavy atom. The van der Waals surface area contributed by atoms with Crippen LogP contribution < -0.4 is 0 Å². The van der Waals surface area contributed by atoms with E-state index < -0.39 is 5.97 Å². The monoisotopic (exact) mass is 295 g/mol. The summed E-state index contributed by atoms with van der Waals surface area (Å²) in [5.41, 5.74) is 1.13. The number of rotatable bonds is 7. The second-order valence-electron chi connectivity index (χ2n) is 6.11. The third kappa shape index (κ3) is 5.47. The molecule has 6 nitrogen and oxygen atoms in total. The van der Waals surface area contributed by atoms with Crippen molar-refractivity contribution < 1.29 is 14.6 Å². The number of aromatic nitrogens is 2. The normalized spacial score (nSPS) is 20.0. The summed E-state index contributed by atoms with van der Waals surface area (Å²) in [6, 6.07) is 0. The molecule has 2 heterocycles. The number of nitrogens with zero attached hydrogens (tertiary/aromatic N) is 3. The lowest BCUT2D eigenvalue weighted by atomic mass is 10.0. The van der Waals surface area contributed by atoms with Gasteiger partial charge in [0.05, 0.1) is 31.9 Å². The Morgan fingerprint density at radius 2 is 2.38 bits per heavy atom. The van der Waals surface area contributed by atoms with Crippen molar-refractivity contribution in [2.75, 3.05) is 19.7 Å². The first kappa shape index (κ1) is 16.0. The van der Waals surface area contributed by atoms with Gasteiger partial charge in [-0.2, -0.15) is 5.10 Å². The first-order chi connectivity index (χ1) is 10.0. The van der Waals surface area contributed by atoms with Gasteiger partial charge in [-0.15, -0.1) is 0 Å². The predicted octanol–water partition coefficient (Wildman–Crippen LogP) is 1.60. The highest BCUT2D eigenvalue weighted by Crippen LogP contribution is 2.15. The van der Waals surface area contributed by atoms with Gasteiger partial charge in [0.1, 0.15) is 0 Å². The fourth-order valence-electron chi connectivity index (χ4n) is 2.67. The Kier molecular flexibility index (Phi) is 5.76. The quantitative estimate of drug-likeness (QED) is 0.827. The van der Waals surface area contributed by atoms with Crippen LogP contribution in [-0.4, -0.2) is 51.6 Å². The highest BCUT2D eigenvalue weighted by Gasteiger charge is 2.21. The number of morpholine rings is 1. The average molecular weight is 295 g/mol. The fraction of sp³-hybridized carbons (Fsp3) is 0.733. The number of carboxylic acids is 1. The molecule has 1 aliphatic rings. The molecule has 0 saturated carbocycles. The lowest BCUT2D eigenvalue weighted by Crippen LogP contribution is -2.42. The molecule has 0 spiro atoms. The smallest absolute Gasteiger partial charge is 0.305 e. The minimum Gasteiger partial charge on any atom is -0.481 e. The van der Waals surface area contributed by atoms with Crippen LogP contribution in [0.15, 0.2) is 12.4 Å². The van der Waals surface area contributed by atoms with Crippen LogP contribution in [0.3, 0.4) is 0 Å². The van der Waals surface area contributed by atoms with E-state index in [0.29, 0.717) is 18.6 Å². The van der Waals surface area contributed by atoms with Crippen LogP contribution in [0.4, 0.5) is 0 Å². The number of ether oxygens (including phenoxy) is 1. The second-order valence-corrected chi connectivity index (χ2v) is 6.11. The van der Waals surface area contributed by atoms with Gasteiger partial charge in [0.25, 0.3) is 0 Å². The Labute approximate surface area is 125 Å². The van der Waals surface area contributed by atoms with E-state index in [4.69, 9.17) is 9.84 Å². The summed E-state index contributed by atoms with van der Waals surface area (Å²) < 4.78 is 7.50. The van der Waals surface area contributed by atoms with Gasteiger partial charge >= 0.3 is 5.97 Å². The van der Waals surface area contributed by atoms with Crippen LogP contribution in [0.5, 0.6) is 0 Å². The van der Waals surface area contributed by atoms with Gasteiger partial charge in [-0.1, -0.05) is 13.8 Å². The molecule has 1 unspecified atom stereocenters. The molecule has 1 aromatic rings.